The lowest BCUT2D eigenvalue weighted by molar-refractivity contribution is 0.0883. The molecule has 4 nitrogen and oxygen atoms in total. The molecule has 1 aliphatic carbocycles. The fourth-order valence-corrected chi connectivity index (χ4v) is 3.97. The molecular formula is C18H26BrClN2O2Si. The Morgan fingerprint density at radius 1 is 1.32 bits per heavy atom. The molecule has 3 rings (SSSR count). The monoisotopic (exact) mass is 444 g/mol. The molecule has 25 heavy (non-hydrogen) atoms. The molecule has 0 radical (unpaired) electrons. The van der Waals surface area contributed by atoms with Crippen molar-refractivity contribution in [1.29, 1.82) is 0 Å². The summed E-state index contributed by atoms with van der Waals surface area (Å²) in [4.78, 5) is 4.66. The third-order valence-electron chi connectivity index (χ3n) is 4.39. The van der Waals surface area contributed by atoms with Crippen LogP contribution in [0.25, 0.3) is 11.0 Å². The molecule has 1 saturated carbocycles. The lowest BCUT2D eigenvalue weighted by Gasteiger charge is -2.16. The van der Waals surface area contributed by atoms with Gasteiger partial charge in [-0.3, -0.25) is 0 Å². The van der Waals surface area contributed by atoms with Crippen molar-refractivity contribution in [2.45, 2.75) is 51.1 Å². The first-order valence-corrected chi connectivity index (χ1v) is 13.9. The van der Waals surface area contributed by atoms with E-state index in [-0.39, 0.29) is 0 Å². The molecule has 0 amide bonds. The Balaban J connectivity index is 1.75. The molecule has 1 aliphatic rings. The Labute approximate surface area is 164 Å². The molecule has 0 unspecified atom stereocenters. The fourth-order valence-electron chi connectivity index (χ4n) is 2.56. The van der Waals surface area contributed by atoms with Gasteiger partial charge in [-0.05, 0) is 46.8 Å². The summed E-state index contributed by atoms with van der Waals surface area (Å²) in [6.07, 6.45) is 2.55. The van der Waals surface area contributed by atoms with Crippen LogP contribution in [0.5, 0.6) is 5.75 Å². The summed E-state index contributed by atoms with van der Waals surface area (Å²) in [6.45, 7) is 9.11. The maximum Gasteiger partial charge on any atom is 0.135 e. The largest absolute Gasteiger partial charge is 0.492 e. The van der Waals surface area contributed by atoms with E-state index in [0.29, 0.717) is 12.6 Å². The maximum absolute atomic E-state index is 6.10. The standard InChI is InChI=1S/C18H26BrClN2O2Si/c1-25(2,3)7-6-23-12-22-16-8-14(19)17(24-11-13-4-5-13)9-15(16)21-18(22)10-20/h8-9,13H,4-7,10-12H2,1-3H3. The number of nitrogens with zero attached hydrogens (tertiary/aromatic N) is 2. The minimum Gasteiger partial charge on any atom is -0.492 e. The van der Waals surface area contributed by atoms with E-state index in [4.69, 9.17) is 21.1 Å². The molecule has 0 aliphatic heterocycles. The van der Waals surface area contributed by atoms with Gasteiger partial charge in [-0.2, -0.15) is 0 Å². The van der Waals surface area contributed by atoms with Crippen molar-refractivity contribution in [3.05, 3.63) is 22.4 Å². The number of benzene rings is 1. The van der Waals surface area contributed by atoms with Crippen molar-refractivity contribution in [3.8, 4) is 5.75 Å². The summed E-state index contributed by atoms with van der Waals surface area (Å²) in [5.74, 6) is 2.76. The van der Waals surface area contributed by atoms with Crippen LogP contribution in [0.4, 0.5) is 0 Å². The van der Waals surface area contributed by atoms with Crippen LogP contribution >= 0.6 is 27.5 Å². The number of halogens is 2. The number of rotatable bonds is 9. The molecule has 1 aromatic carbocycles. The molecule has 2 aromatic rings. The van der Waals surface area contributed by atoms with Gasteiger partial charge in [-0.1, -0.05) is 19.6 Å². The zero-order valence-electron chi connectivity index (χ0n) is 15.1. The molecule has 0 N–H and O–H groups in total. The molecular weight excluding hydrogens is 420 g/mol. The van der Waals surface area contributed by atoms with Crippen molar-refractivity contribution in [2.75, 3.05) is 13.2 Å². The summed E-state index contributed by atoms with van der Waals surface area (Å²) in [7, 11) is -1.08. The topological polar surface area (TPSA) is 36.3 Å². The van der Waals surface area contributed by atoms with Gasteiger partial charge in [-0.25, -0.2) is 4.98 Å². The Hall–Kier alpha value is -0.563. The van der Waals surface area contributed by atoms with Gasteiger partial charge in [0.1, 0.15) is 18.3 Å². The molecule has 1 fully saturated rings. The summed E-state index contributed by atoms with van der Waals surface area (Å²) in [6, 6.07) is 5.21. The van der Waals surface area contributed by atoms with E-state index in [1.807, 2.05) is 6.07 Å². The van der Waals surface area contributed by atoms with Gasteiger partial charge in [0.25, 0.3) is 0 Å². The summed E-state index contributed by atoms with van der Waals surface area (Å²) in [5.41, 5.74) is 1.92. The zero-order chi connectivity index (χ0) is 18.0. The van der Waals surface area contributed by atoms with Crippen LogP contribution in [0, 0.1) is 5.92 Å². The van der Waals surface area contributed by atoms with Gasteiger partial charge in [0, 0.05) is 20.7 Å². The van der Waals surface area contributed by atoms with Crippen molar-refractivity contribution in [1.82, 2.24) is 9.55 Å². The first kappa shape index (κ1) is 19.2. The lowest BCUT2D eigenvalue weighted by Crippen LogP contribution is -2.22. The van der Waals surface area contributed by atoms with Gasteiger partial charge in [0.2, 0.25) is 0 Å². The molecule has 1 heterocycles. The van der Waals surface area contributed by atoms with Crippen LogP contribution in [0.1, 0.15) is 18.7 Å². The first-order chi connectivity index (χ1) is 11.9. The molecule has 7 heteroatoms. The number of fused-ring (bicyclic) bond motifs is 1. The quantitative estimate of drug-likeness (QED) is 0.285. The molecule has 0 bridgehead atoms. The van der Waals surface area contributed by atoms with E-state index in [9.17, 15) is 0 Å². The average molecular weight is 446 g/mol. The SMILES string of the molecule is C[Si](C)(C)CCOCn1c(CCl)nc2cc(OCC3CC3)c(Br)cc21. The molecule has 0 atom stereocenters. The highest BCUT2D eigenvalue weighted by atomic mass is 79.9. The number of ether oxygens (including phenoxy) is 2. The van der Waals surface area contributed by atoms with E-state index < -0.39 is 8.07 Å². The van der Waals surface area contributed by atoms with Crippen LogP contribution in [0.2, 0.25) is 25.7 Å². The molecule has 138 valence electrons. The van der Waals surface area contributed by atoms with Gasteiger partial charge in [-0.15, -0.1) is 11.6 Å². The van der Waals surface area contributed by atoms with Crippen molar-refractivity contribution in [3.63, 3.8) is 0 Å². The fraction of sp³-hybridized carbons (Fsp3) is 0.611. The van der Waals surface area contributed by atoms with Gasteiger partial charge >= 0.3 is 0 Å². The number of hydrogen-bond donors (Lipinski definition) is 0. The van der Waals surface area contributed by atoms with Gasteiger partial charge < -0.3 is 14.0 Å². The molecule has 1 aromatic heterocycles. The predicted octanol–water partition coefficient (Wildman–Crippen LogP) is 5.64. The number of aromatic nitrogens is 2. The summed E-state index contributed by atoms with van der Waals surface area (Å²) >= 11 is 9.73. The van der Waals surface area contributed by atoms with E-state index in [1.165, 1.54) is 12.8 Å². The Morgan fingerprint density at radius 3 is 2.72 bits per heavy atom. The van der Waals surface area contributed by atoms with Crippen molar-refractivity contribution in [2.24, 2.45) is 5.92 Å². The van der Waals surface area contributed by atoms with Gasteiger partial charge in [0.05, 0.1) is 28.0 Å². The number of imidazole rings is 1. The van der Waals surface area contributed by atoms with E-state index in [2.05, 4.69) is 51.2 Å². The maximum atomic E-state index is 6.10. The predicted molar refractivity (Wildman–Crippen MR) is 109 cm³/mol. The minimum atomic E-state index is -1.08. The molecule has 0 saturated heterocycles. The molecule has 0 spiro atoms. The Bertz CT molecular complexity index is 741. The second-order valence-corrected chi connectivity index (χ2v) is 14.7. The lowest BCUT2D eigenvalue weighted by atomic mass is 10.3. The highest BCUT2D eigenvalue weighted by Crippen LogP contribution is 2.34. The highest BCUT2D eigenvalue weighted by Gasteiger charge is 2.23. The minimum absolute atomic E-state index is 0.363. The smallest absolute Gasteiger partial charge is 0.135 e. The van der Waals surface area contributed by atoms with Crippen molar-refractivity contribution >= 4 is 46.6 Å². The first-order valence-electron chi connectivity index (χ1n) is 8.82. The van der Waals surface area contributed by atoms with Crippen molar-refractivity contribution < 1.29 is 9.47 Å². The zero-order valence-corrected chi connectivity index (χ0v) is 18.5. The third kappa shape index (κ3) is 5.22. The average Bonchev–Trinajstić information content (AvgIpc) is 3.31. The van der Waals surface area contributed by atoms with Crippen LogP contribution in [0.3, 0.4) is 0 Å². The second-order valence-electron chi connectivity index (χ2n) is 7.96. The van der Waals surface area contributed by atoms with Gasteiger partial charge in [0.15, 0.2) is 0 Å². The third-order valence-corrected chi connectivity index (χ3v) is 6.95. The Kier molecular flexibility index (Phi) is 6.13. The number of alkyl halides is 1. The van der Waals surface area contributed by atoms with E-state index in [0.717, 1.165) is 52.3 Å². The second kappa shape index (κ2) is 7.99. The van der Waals surface area contributed by atoms with Crippen LogP contribution in [0.15, 0.2) is 16.6 Å². The van der Waals surface area contributed by atoms with Crippen LogP contribution in [-0.4, -0.2) is 30.8 Å². The highest BCUT2D eigenvalue weighted by molar-refractivity contribution is 9.10. The summed E-state index contributed by atoms with van der Waals surface area (Å²) in [5, 5.41) is 0. The normalized spacial score (nSPS) is 15.1. The summed E-state index contributed by atoms with van der Waals surface area (Å²) < 4.78 is 14.9. The van der Waals surface area contributed by atoms with E-state index >= 15 is 0 Å². The van der Waals surface area contributed by atoms with Crippen LogP contribution in [-0.2, 0) is 17.3 Å². The Morgan fingerprint density at radius 2 is 2.08 bits per heavy atom. The van der Waals surface area contributed by atoms with E-state index in [1.54, 1.807) is 0 Å². The van der Waals surface area contributed by atoms with Crippen LogP contribution < -0.4 is 4.74 Å². The number of hydrogen-bond acceptors (Lipinski definition) is 3.